The lowest BCUT2D eigenvalue weighted by Gasteiger charge is -2.21. The Morgan fingerprint density at radius 1 is 0.921 bits per heavy atom. The highest BCUT2D eigenvalue weighted by atomic mass is 16.5. The van der Waals surface area contributed by atoms with Gasteiger partial charge in [0.15, 0.2) is 17.5 Å². The fraction of sp³-hybridized carbons (Fsp3) is 0.434. The first-order valence-electron chi connectivity index (χ1n) is 25.5. The number of likely N-dealkylation sites (tertiary alicyclic amines) is 1. The molecule has 1 saturated heterocycles. The molecule has 1 fully saturated rings. The summed E-state index contributed by atoms with van der Waals surface area (Å²) >= 11 is 0. The van der Waals surface area contributed by atoms with E-state index in [0.717, 1.165) is 19.3 Å². The highest BCUT2D eigenvalue weighted by Crippen LogP contribution is 2.37. The van der Waals surface area contributed by atoms with Gasteiger partial charge in [0.25, 0.3) is 5.91 Å². The lowest BCUT2D eigenvalue weighted by Crippen LogP contribution is -2.36. The monoisotopic (exact) mass is 1040 g/mol. The second kappa shape index (κ2) is 22.9. The van der Waals surface area contributed by atoms with Crippen LogP contribution in [0.1, 0.15) is 115 Å². The molecule has 0 radical (unpaired) electrons. The third-order valence-electron chi connectivity index (χ3n) is 13.7. The van der Waals surface area contributed by atoms with Gasteiger partial charge in [0.2, 0.25) is 41.2 Å². The van der Waals surface area contributed by atoms with Crippen LogP contribution in [-0.2, 0) is 40.4 Å². The summed E-state index contributed by atoms with van der Waals surface area (Å²) in [7, 11) is 3.15. The van der Waals surface area contributed by atoms with E-state index < -0.39 is 17.7 Å². The molecule has 400 valence electrons. The molecule has 23 nitrogen and oxygen atoms in total. The minimum Gasteiger partial charge on any atom is -0.495 e. The van der Waals surface area contributed by atoms with E-state index in [1.54, 1.807) is 48.5 Å². The van der Waals surface area contributed by atoms with Crippen molar-refractivity contribution in [2.45, 2.75) is 106 Å². The zero-order chi connectivity index (χ0) is 54.5. The molecule has 23 heteroatoms. The molecular formula is C53H64N14O9. The van der Waals surface area contributed by atoms with Gasteiger partial charge in [-0.3, -0.25) is 39.0 Å². The SMILES string of the molecule is CCCCC(C)C1CC(=O)N(CCC(=O)N(C)CCCOc2cc(C(N)=O)cc3nc(NC(=O)c4oc(C)nc4CC)n(C/C=C/Cn4c5nc(-c6nc(C)nn6CC)ncc5c5cc(C(N)=O)cc(OC)c54)c23)C1=O. The van der Waals surface area contributed by atoms with E-state index in [-0.39, 0.29) is 109 Å². The number of carbonyl (C=O) groups is 6. The van der Waals surface area contributed by atoms with Gasteiger partial charge in [0, 0.05) is 93.6 Å². The normalized spacial score (nSPS) is 14.2. The van der Waals surface area contributed by atoms with Crippen LogP contribution >= 0.6 is 0 Å². The summed E-state index contributed by atoms with van der Waals surface area (Å²) in [5.74, 6) is -0.508. The number of carbonyl (C=O) groups excluding carboxylic acids is 6. The Kier molecular flexibility index (Phi) is 16.2. The van der Waals surface area contributed by atoms with Crippen molar-refractivity contribution >= 4 is 74.4 Å². The van der Waals surface area contributed by atoms with Gasteiger partial charge in [0.1, 0.15) is 28.5 Å². The third-order valence-corrected chi connectivity index (χ3v) is 13.7. The number of imide groups is 1. The Bertz CT molecular complexity index is 3420. The van der Waals surface area contributed by atoms with Crippen molar-refractivity contribution in [3.05, 3.63) is 76.9 Å². The average molecular weight is 1040 g/mol. The summed E-state index contributed by atoms with van der Waals surface area (Å²) < 4.78 is 23.3. The first-order valence-corrected chi connectivity index (χ1v) is 25.5. The lowest BCUT2D eigenvalue weighted by atomic mass is 9.88. The number of nitrogens with two attached hydrogens (primary N) is 2. The van der Waals surface area contributed by atoms with Crippen LogP contribution in [0.2, 0.25) is 0 Å². The molecule has 6 amide bonds. The predicted molar refractivity (Wildman–Crippen MR) is 281 cm³/mol. The summed E-state index contributed by atoms with van der Waals surface area (Å²) in [6.45, 7) is 12.6. The Morgan fingerprint density at radius 3 is 2.34 bits per heavy atom. The molecule has 5 N–H and O–H groups in total. The van der Waals surface area contributed by atoms with E-state index in [0.29, 0.717) is 81.6 Å². The van der Waals surface area contributed by atoms with Crippen LogP contribution in [0.3, 0.4) is 0 Å². The number of primary amides is 2. The second-order valence-electron chi connectivity index (χ2n) is 18.9. The maximum atomic E-state index is 13.9. The van der Waals surface area contributed by atoms with Crippen LogP contribution in [-0.4, -0.2) is 123 Å². The molecule has 2 unspecified atom stereocenters. The molecule has 6 heterocycles. The zero-order valence-corrected chi connectivity index (χ0v) is 44.1. The Balaban J connectivity index is 1.08. The van der Waals surface area contributed by atoms with Gasteiger partial charge in [-0.2, -0.15) is 5.10 Å². The number of fused-ring (bicyclic) bond motifs is 4. The molecule has 0 bridgehead atoms. The smallest absolute Gasteiger partial charge is 0.295 e. The van der Waals surface area contributed by atoms with Crippen LogP contribution in [0.25, 0.3) is 44.6 Å². The summed E-state index contributed by atoms with van der Waals surface area (Å²) in [6.07, 6.45) is 9.21. The first kappa shape index (κ1) is 53.8. The molecule has 2 aromatic carbocycles. The van der Waals surface area contributed by atoms with Crippen LogP contribution in [0.4, 0.5) is 5.95 Å². The molecular weight excluding hydrogens is 977 g/mol. The molecule has 2 atom stereocenters. The number of anilines is 1. The molecule has 5 aromatic heterocycles. The maximum Gasteiger partial charge on any atom is 0.295 e. The number of nitrogens with zero attached hydrogens (tertiary/aromatic N) is 11. The van der Waals surface area contributed by atoms with E-state index in [2.05, 4.69) is 32.3 Å². The molecule has 0 saturated carbocycles. The van der Waals surface area contributed by atoms with Gasteiger partial charge in [-0.1, -0.05) is 45.8 Å². The van der Waals surface area contributed by atoms with Gasteiger partial charge >= 0.3 is 0 Å². The van der Waals surface area contributed by atoms with Crippen LogP contribution in [0, 0.1) is 25.7 Å². The van der Waals surface area contributed by atoms with Crippen molar-refractivity contribution in [3.8, 4) is 23.1 Å². The largest absolute Gasteiger partial charge is 0.495 e. The van der Waals surface area contributed by atoms with Gasteiger partial charge in [-0.25, -0.2) is 29.6 Å². The van der Waals surface area contributed by atoms with Gasteiger partial charge < -0.3 is 39.4 Å². The Hall–Kier alpha value is -8.50. The number of oxazole rings is 1. The van der Waals surface area contributed by atoms with Crippen molar-refractivity contribution in [1.29, 1.82) is 0 Å². The van der Waals surface area contributed by atoms with Crippen LogP contribution in [0.15, 0.2) is 47.0 Å². The number of aromatic nitrogens is 9. The Labute approximate surface area is 438 Å². The van der Waals surface area contributed by atoms with Gasteiger partial charge in [-0.05, 0) is 63.3 Å². The number of hydrogen-bond donors (Lipinski definition) is 3. The van der Waals surface area contributed by atoms with Crippen molar-refractivity contribution in [1.82, 2.24) is 53.6 Å². The predicted octanol–water partition coefficient (Wildman–Crippen LogP) is 5.91. The molecule has 0 spiro atoms. The summed E-state index contributed by atoms with van der Waals surface area (Å²) in [4.78, 5) is 105. The van der Waals surface area contributed by atoms with Crippen molar-refractivity contribution in [3.63, 3.8) is 0 Å². The number of ether oxygens (including phenoxy) is 2. The van der Waals surface area contributed by atoms with Gasteiger partial charge in [-0.15, -0.1) is 0 Å². The number of benzene rings is 2. The molecule has 7 aromatic rings. The number of hydrogen-bond acceptors (Lipinski definition) is 15. The summed E-state index contributed by atoms with van der Waals surface area (Å²) in [5, 5.41) is 8.63. The third kappa shape index (κ3) is 11.0. The summed E-state index contributed by atoms with van der Waals surface area (Å²) in [6, 6.07) is 6.27. The molecule has 1 aliphatic rings. The van der Waals surface area contributed by atoms with Crippen molar-refractivity contribution in [2.24, 2.45) is 23.3 Å². The number of amides is 6. The highest BCUT2D eigenvalue weighted by molar-refractivity contribution is 6.12. The number of rotatable bonds is 24. The number of allylic oxidation sites excluding steroid dienone is 2. The number of aryl methyl sites for hydroxylation is 4. The standard InChI is InChI=1S/C53H64N14O9/c1-9-12-16-29(4)34-27-42(69)64(52(34)73)21-17-41(68)63(7)18-15-22-75-40-26-33(47(55)71)24-38-44(40)66(53(59-38)61-51(72)45-37(10-2)58-31(6)76-45)20-14-13-19-65-43-35(23-32(46(54)70)25-39(43)74-8)36-28-56-48(60-49(36)65)50-57-30(5)62-67(50)11-3/h13-14,23-26,28-29,34H,9-12,15-22,27H2,1-8H3,(H2,54,70)(H2,55,71)(H,59,61,72)/b14-13+. The lowest BCUT2D eigenvalue weighted by molar-refractivity contribution is -0.140. The molecule has 76 heavy (non-hydrogen) atoms. The van der Waals surface area contributed by atoms with Crippen molar-refractivity contribution < 1.29 is 42.7 Å². The zero-order valence-electron chi connectivity index (χ0n) is 44.1. The highest BCUT2D eigenvalue weighted by Gasteiger charge is 2.41. The molecule has 8 rings (SSSR count). The van der Waals surface area contributed by atoms with Gasteiger partial charge in [0.05, 0.1) is 30.4 Å². The van der Waals surface area contributed by atoms with E-state index in [9.17, 15) is 28.8 Å². The average Bonchev–Trinajstić information content (AvgIpc) is 4.25. The quantitative estimate of drug-likeness (QED) is 0.0360. The van der Waals surface area contributed by atoms with Crippen LogP contribution < -0.4 is 26.3 Å². The minimum absolute atomic E-state index is 0.0152. The topological polar surface area (TPSA) is 297 Å². The number of nitrogens with one attached hydrogen (secondary N) is 1. The van der Waals surface area contributed by atoms with E-state index in [4.69, 9.17) is 35.3 Å². The number of imidazole rings is 1. The van der Waals surface area contributed by atoms with Crippen molar-refractivity contribution in [2.75, 3.05) is 39.2 Å². The fourth-order valence-electron chi connectivity index (χ4n) is 9.67. The van der Waals surface area contributed by atoms with E-state index in [1.807, 2.05) is 37.5 Å². The van der Waals surface area contributed by atoms with E-state index in [1.165, 1.54) is 29.0 Å². The molecule has 0 aliphatic carbocycles. The maximum absolute atomic E-state index is 13.9. The van der Waals surface area contributed by atoms with Crippen LogP contribution in [0.5, 0.6) is 11.5 Å². The Morgan fingerprint density at radius 2 is 1.64 bits per heavy atom. The van der Waals surface area contributed by atoms with E-state index >= 15 is 0 Å². The fourth-order valence-corrected chi connectivity index (χ4v) is 9.67. The first-order chi connectivity index (χ1) is 36.5. The summed E-state index contributed by atoms with van der Waals surface area (Å²) in [5.41, 5.74) is 14.2. The molecule has 1 aliphatic heterocycles. The number of methoxy groups -OCH3 is 1. The minimum atomic E-state index is -0.736. The second-order valence-corrected chi connectivity index (χ2v) is 18.9. The number of unbranched alkanes of at least 4 members (excludes halogenated alkanes) is 1.